The molecule has 21 heavy (non-hydrogen) atoms. The topological polar surface area (TPSA) is 66.6 Å². The lowest BCUT2D eigenvalue weighted by molar-refractivity contribution is 0.203. The highest BCUT2D eigenvalue weighted by Crippen LogP contribution is 2.33. The van der Waals surface area contributed by atoms with Gasteiger partial charge in [0.15, 0.2) is 9.84 Å². The second kappa shape index (κ2) is 5.18. The summed E-state index contributed by atoms with van der Waals surface area (Å²) in [6.45, 7) is 5.44. The third kappa shape index (κ3) is 2.74. The summed E-state index contributed by atoms with van der Waals surface area (Å²) < 4.78 is 23.2. The van der Waals surface area contributed by atoms with E-state index in [0.29, 0.717) is 17.8 Å². The standard InChI is InChI=1S/C15H23N3O2S/c1-11-9-17-7-3-4-12(17)10-18(11)15-6-5-13(8-14(15)16)21(2,19)20/h5-6,8,11-12H,3-4,7,9-10,16H2,1-2H3. The predicted octanol–water partition coefficient (Wildman–Crippen LogP) is 1.35. The Bertz CT molecular complexity index is 644. The molecular formula is C15H23N3O2S. The van der Waals surface area contributed by atoms with Crippen molar-refractivity contribution in [1.29, 1.82) is 0 Å². The Morgan fingerprint density at radius 2 is 2.05 bits per heavy atom. The van der Waals surface area contributed by atoms with Gasteiger partial charge in [0.2, 0.25) is 0 Å². The lowest BCUT2D eigenvalue weighted by atomic mass is 10.1. The summed E-state index contributed by atoms with van der Waals surface area (Å²) in [4.78, 5) is 5.17. The summed E-state index contributed by atoms with van der Waals surface area (Å²) in [6.07, 6.45) is 3.72. The molecule has 2 atom stereocenters. The molecule has 2 saturated heterocycles. The molecule has 2 N–H and O–H groups in total. The minimum absolute atomic E-state index is 0.288. The van der Waals surface area contributed by atoms with E-state index >= 15 is 0 Å². The van der Waals surface area contributed by atoms with Crippen molar-refractivity contribution in [1.82, 2.24) is 4.90 Å². The molecule has 2 aliphatic heterocycles. The first-order valence-corrected chi connectivity index (χ1v) is 9.35. The molecule has 2 unspecified atom stereocenters. The van der Waals surface area contributed by atoms with Crippen molar-refractivity contribution in [2.45, 2.75) is 36.7 Å². The first kappa shape index (κ1) is 14.7. The molecule has 0 saturated carbocycles. The molecule has 2 fully saturated rings. The number of anilines is 2. The van der Waals surface area contributed by atoms with E-state index in [4.69, 9.17) is 5.73 Å². The van der Waals surface area contributed by atoms with Gasteiger partial charge < -0.3 is 10.6 Å². The Labute approximate surface area is 126 Å². The lowest BCUT2D eigenvalue weighted by Crippen LogP contribution is -2.55. The number of fused-ring (bicyclic) bond motifs is 1. The van der Waals surface area contributed by atoms with Crippen LogP contribution >= 0.6 is 0 Å². The Kier molecular flexibility index (Phi) is 3.61. The van der Waals surface area contributed by atoms with Crippen LogP contribution in [0.3, 0.4) is 0 Å². The molecule has 1 aromatic rings. The maximum atomic E-state index is 11.6. The predicted molar refractivity (Wildman–Crippen MR) is 85.4 cm³/mol. The summed E-state index contributed by atoms with van der Waals surface area (Å²) in [5.41, 5.74) is 7.64. The van der Waals surface area contributed by atoms with Crippen molar-refractivity contribution in [2.75, 3.05) is 36.5 Å². The summed E-state index contributed by atoms with van der Waals surface area (Å²) in [5, 5.41) is 0. The van der Waals surface area contributed by atoms with Crippen LogP contribution in [0.4, 0.5) is 11.4 Å². The molecule has 0 bridgehead atoms. The van der Waals surface area contributed by atoms with Gasteiger partial charge in [-0.05, 0) is 44.5 Å². The van der Waals surface area contributed by atoms with Crippen LogP contribution in [0.15, 0.2) is 23.1 Å². The fourth-order valence-corrected chi connectivity index (χ4v) is 4.20. The first-order chi connectivity index (χ1) is 9.86. The average Bonchev–Trinajstić information content (AvgIpc) is 2.84. The van der Waals surface area contributed by atoms with Crippen LogP contribution in [-0.4, -0.2) is 51.3 Å². The largest absolute Gasteiger partial charge is 0.397 e. The number of rotatable bonds is 2. The van der Waals surface area contributed by atoms with Crippen LogP contribution in [0.1, 0.15) is 19.8 Å². The van der Waals surface area contributed by atoms with Crippen LogP contribution in [0.25, 0.3) is 0 Å². The minimum atomic E-state index is -3.21. The quantitative estimate of drug-likeness (QED) is 0.835. The number of hydrogen-bond acceptors (Lipinski definition) is 5. The normalized spacial score (nSPS) is 26.9. The van der Waals surface area contributed by atoms with E-state index in [-0.39, 0.29) is 4.90 Å². The monoisotopic (exact) mass is 309 g/mol. The Morgan fingerprint density at radius 1 is 1.29 bits per heavy atom. The van der Waals surface area contributed by atoms with Crippen molar-refractivity contribution in [3.8, 4) is 0 Å². The Hall–Kier alpha value is -1.27. The molecule has 116 valence electrons. The van der Waals surface area contributed by atoms with Crippen LogP contribution in [0.5, 0.6) is 0 Å². The van der Waals surface area contributed by atoms with Gasteiger partial charge in [0.05, 0.1) is 16.3 Å². The lowest BCUT2D eigenvalue weighted by Gasteiger charge is -2.44. The van der Waals surface area contributed by atoms with E-state index < -0.39 is 9.84 Å². The van der Waals surface area contributed by atoms with Gasteiger partial charge in [0.1, 0.15) is 0 Å². The van der Waals surface area contributed by atoms with Gasteiger partial charge in [0, 0.05) is 31.4 Å². The molecular weight excluding hydrogens is 286 g/mol. The van der Waals surface area contributed by atoms with E-state index in [1.807, 2.05) is 6.07 Å². The van der Waals surface area contributed by atoms with E-state index in [1.165, 1.54) is 25.6 Å². The first-order valence-electron chi connectivity index (χ1n) is 7.46. The van der Waals surface area contributed by atoms with Crippen molar-refractivity contribution < 1.29 is 8.42 Å². The van der Waals surface area contributed by atoms with Gasteiger partial charge >= 0.3 is 0 Å². The van der Waals surface area contributed by atoms with Crippen molar-refractivity contribution >= 4 is 21.2 Å². The van der Waals surface area contributed by atoms with Crippen LogP contribution < -0.4 is 10.6 Å². The summed E-state index contributed by atoms with van der Waals surface area (Å²) in [6, 6.07) is 6.10. The van der Waals surface area contributed by atoms with Crippen LogP contribution in [0, 0.1) is 0 Å². The fourth-order valence-electron chi connectivity index (χ4n) is 3.55. The zero-order valence-electron chi connectivity index (χ0n) is 12.6. The molecule has 0 amide bonds. The average molecular weight is 309 g/mol. The van der Waals surface area contributed by atoms with E-state index in [2.05, 4.69) is 16.7 Å². The number of hydrogen-bond donors (Lipinski definition) is 1. The summed E-state index contributed by atoms with van der Waals surface area (Å²) >= 11 is 0. The molecule has 1 aromatic carbocycles. The Balaban J connectivity index is 1.89. The highest BCUT2D eigenvalue weighted by molar-refractivity contribution is 7.90. The number of piperazine rings is 1. The molecule has 0 spiro atoms. The number of nitrogens with zero attached hydrogens (tertiary/aromatic N) is 2. The highest BCUT2D eigenvalue weighted by atomic mass is 32.2. The van der Waals surface area contributed by atoms with Gasteiger partial charge in [-0.2, -0.15) is 0 Å². The second-order valence-corrected chi connectivity index (χ2v) is 8.30. The van der Waals surface area contributed by atoms with Gasteiger partial charge in [-0.25, -0.2) is 8.42 Å². The maximum Gasteiger partial charge on any atom is 0.175 e. The zero-order chi connectivity index (χ0) is 15.2. The van der Waals surface area contributed by atoms with E-state index in [0.717, 1.165) is 18.8 Å². The molecule has 0 aliphatic carbocycles. The van der Waals surface area contributed by atoms with Crippen molar-refractivity contribution in [3.63, 3.8) is 0 Å². The number of nitrogens with two attached hydrogens (primary N) is 1. The number of nitrogen functional groups attached to an aromatic ring is 1. The summed E-state index contributed by atoms with van der Waals surface area (Å²) in [7, 11) is -3.21. The van der Waals surface area contributed by atoms with Crippen LogP contribution in [0.2, 0.25) is 0 Å². The van der Waals surface area contributed by atoms with Crippen molar-refractivity contribution in [2.24, 2.45) is 0 Å². The smallest absolute Gasteiger partial charge is 0.175 e. The molecule has 0 radical (unpaired) electrons. The highest BCUT2D eigenvalue weighted by Gasteiger charge is 2.35. The van der Waals surface area contributed by atoms with Gasteiger partial charge in [0.25, 0.3) is 0 Å². The third-order valence-corrected chi connectivity index (χ3v) is 5.78. The van der Waals surface area contributed by atoms with Gasteiger partial charge in [-0.3, -0.25) is 4.90 Å². The third-order valence-electron chi connectivity index (χ3n) is 4.67. The molecule has 2 aliphatic rings. The molecule has 0 aromatic heterocycles. The molecule has 2 heterocycles. The van der Waals surface area contributed by atoms with E-state index in [9.17, 15) is 8.42 Å². The fraction of sp³-hybridized carbons (Fsp3) is 0.600. The number of sulfone groups is 1. The SMILES string of the molecule is CC1CN2CCCC2CN1c1ccc(S(C)(=O)=O)cc1N. The van der Waals surface area contributed by atoms with Gasteiger partial charge in [-0.15, -0.1) is 0 Å². The van der Waals surface area contributed by atoms with Crippen molar-refractivity contribution in [3.05, 3.63) is 18.2 Å². The number of benzene rings is 1. The molecule has 5 nitrogen and oxygen atoms in total. The summed E-state index contributed by atoms with van der Waals surface area (Å²) in [5.74, 6) is 0. The maximum absolute atomic E-state index is 11.6. The van der Waals surface area contributed by atoms with E-state index in [1.54, 1.807) is 12.1 Å². The Morgan fingerprint density at radius 3 is 2.71 bits per heavy atom. The zero-order valence-corrected chi connectivity index (χ0v) is 13.4. The van der Waals surface area contributed by atoms with Crippen LogP contribution in [-0.2, 0) is 9.84 Å². The second-order valence-electron chi connectivity index (χ2n) is 6.29. The molecule has 6 heteroatoms. The van der Waals surface area contributed by atoms with Gasteiger partial charge in [-0.1, -0.05) is 0 Å². The minimum Gasteiger partial charge on any atom is -0.397 e. The molecule has 3 rings (SSSR count).